The van der Waals surface area contributed by atoms with Crippen LogP contribution >= 0.6 is 11.6 Å². The minimum absolute atomic E-state index is 0.109. The molecule has 2 rings (SSSR count). The molecule has 18 heavy (non-hydrogen) atoms. The van der Waals surface area contributed by atoms with Gasteiger partial charge in [-0.15, -0.1) is 11.6 Å². The molecular weight excluding hydrogens is 250 g/mol. The fourth-order valence-corrected chi connectivity index (χ4v) is 2.15. The highest BCUT2D eigenvalue weighted by molar-refractivity contribution is 6.17. The van der Waals surface area contributed by atoms with Crippen molar-refractivity contribution in [2.75, 3.05) is 5.32 Å². The number of para-hydroxylation sites is 1. The largest absolute Gasteiger partial charge is 0.442 e. The van der Waals surface area contributed by atoms with Gasteiger partial charge in [-0.1, -0.05) is 24.3 Å². The van der Waals surface area contributed by atoms with Crippen LogP contribution in [0.15, 0.2) is 36.4 Å². The second-order valence-corrected chi connectivity index (χ2v) is 4.49. The first kappa shape index (κ1) is 13.0. The third kappa shape index (κ3) is 3.50. The first-order valence-corrected chi connectivity index (χ1v) is 6.61. The Morgan fingerprint density at radius 2 is 2.28 bits per heavy atom. The van der Waals surface area contributed by atoms with E-state index in [1.165, 1.54) is 0 Å². The van der Waals surface area contributed by atoms with E-state index in [0.717, 1.165) is 24.8 Å². The minimum Gasteiger partial charge on any atom is -0.442 e. The predicted molar refractivity (Wildman–Crippen MR) is 72.9 cm³/mol. The highest BCUT2D eigenvalue weighted by atomic mass is 35.5. The van der Waals surface area contributed by atoms with Crippen molar-refractivity contribution in [1.29, 1.82) is 0 Å². The van der Waals surface area contributed by atoms with Gasteiger partial charge in [0.1, 0.15) is 6.10 Å². The summed E-state index contributed by atoms with van der Waals surface area (Å²) in [4.78, 5) is 11.7. The van der Waals surface area contributed by atoms with E-state index in [0.29, 0.717) is 11.6 Å². The fraction of sp³-hybridized carbons (Fsp3) is 0.357. The van der Waals surface area contributed by atoms with Crippen LogP contribution in [0.2, 0.25) is 0 Å². The molecule has 0 saturated heterocycles. The number of halogens is 1. The van der Waals surface area contributed by atoms with Crippen molar-refractivity contribution in [3.8, 4) is 0 Å². The molecule has 0 unspecified atom stereocenters. The fourth-order valence-electron chi connectivity index (χ4n) is 1.92. The van der Waals surface area contributed by atoms with Crippen molar-refractivity contribution in [3.05, 3.63) is 42.0 Å². The van der Waals surface area contributed by atoms with Gasteiger partial charge in [0.15, 0.2) is 0 Å². The molecule has 1 N–H and O–H groups in total. The predicted octanol–water partition coefficient (Wildman–Crippen LogP) is 4.08. The second-order valence-electron chi connectivity index (χ2n) is 4.22. The molecule has 0 bridgehead atoms. The number of carbonyl (C=O) groups is 1. The molecule has 0 heterocycles. The molecule has 0 spiro atoms. The number of amides is 1. The summed E-state index contributed by atoms with van der Waals surface area (Å²) < 4.78 is 5.31. The van der Waals surface area contributed by atoms with E-state index in [1.54, 1.807) is 0 Å². The number of benzene rings is 1. The molecule has 1 aromatic carbocycles. The second kappa shape index (κ2) is 6.45. The summed E-state index contributed by atoms with van der Waals surface area (Å²) in [5, 5.41) is 2.73. The maximum absolute atomic E-state index is 11.7. The lowest BCUT2D eigenvalue weighted by Gasteiger charge is -2.18. The van der Waals surface area contributed by atoms with Crippen molar-refractivity contribution in [1.82, 2.24) is 0 Å². The van der Waals surface area contributed by atoms with Gasteiger partial charge in [-0.2, -0.15) is 0 Å². The number of hydrogen-bond acceptors (Lipinski definition) is 2. The summed E-state index contributed by atoms with van der Waals surface area (Å²) >= 11 is 5.80. The van der Waals surface area contributed by atoms with Crippen LogP contribution in [0.5, 0.6) is 0 Å². The Labute approximate surface area is 112 Å². The number of carbonyl (C=O) groups excluding carboxylic acids is 1. The van der Waals surface area contributed by atoms with Gasteiger partial charge in [0.2, 0.25) is 0 Å². The maximum Gasteiger partial charge on any atom is 0.412 e. The molecule has 1 aliphatic carbocycles. The Balaban J connectivity index is 1.94. The number of alkyl halides is 1. The third-order valence-electron chi connectivity index (χ3n) is 2.87. The third-order valence-corrected chi connectivity index (χ3v) is 3.15. The number of ether oxygens (including phenoxy) is 1. The van der Waals surface area contributed by atoms with E-state index >= 15 is 0 Å². The Morgan fingerprint density at radius 3 is 3.00 bits per heavy atom. The zero-order chi connectivity index (χ0) is 12.8. The van der Waals surface area contributed by atoms with Gasteiger partial charge in [0.25, 0.3) is 0 Å². The summed E-state index contributed by atoms with van der Waals surface area (Å²) in [7, 11) is 0. The van der Waals surface area contributed by atoms with Crippen LogP contribution in [0, 0.1) is 0 Å². The average Bonchev–Trinajstić information content (AvgIpc) is 2.40. The maximum atomic E-state index is 11.7. The average molecular weight is 266 g/mol. The van der Waals surface area contributed by atoms with Crippen molar-refractivity contribution in [3.63, 3.8) is 0 Å². The number of allylic oxidation sites excluding steroid dienone is 1. The molecular formula is C14H16ClNO2. The standard InChI is InChI=1S/C14H16ClNO2/c15-10-11-6-4-5-9-13(11)16-14(17)18-12-7-2-1-3-8-12/h2,4-7,9,12H,1,3,8,10H2,(H,16,17)/t12-/m0/s1. The van der Waals surface area contributed by atoms with Gasteiger partial charge in [-0.25, -0.2) is 4.79 Å². The number of nitrogens with one attached hydrogen (secondary N) is 1. The Bertz CT molecular complexity index is 445. The van der Waals surface area contributed by atoms with Crippen molar-refractivity contribution >= 4 is 23.4 Å². The molecule has 0 fully saturated rings. The number of anilines is 1. The van der Waals surface area contributed by atoms with E-state index in [9.17, 15) is 4.79 Å². The van der Waals surface area contributed by atoms with Crippen molar-refractivity contribution in [2.24, 2.45) is 0 Å². The number of hydrogen-bond donors (Lipinski definition) is 1. The van der Waals surface area contributed by atoms with Gasteiger partial charge in [0.05, 0.1) is 0 Å². The number of rotatable bonds is 3. The summed E-state index contributed by atoms with van der Waals surface area (Å²) in [5.41, 5.74) is 1.59. The molecule has 1 aliphatic rings. The van der Waals surface area contributed by atoms with E-state index in [4.69, 9.17) is 16.3 Å². The summed E-state index contributed by atoms with van der Waals surface area (Å²) in [6.45, 7) is 0. The van der Waals surface area contributed by atoms with E-state index in [2.05, 4.69) is 5.32 Å². The first-order chi connectivity index (χ1) is 8.79. The molecule has 1 atom stereocenters. The lowest BCUT2D eigenvalue weighted by Crippen LogP contribution is -2.22. The Hall–Kier alpha value is -1.48. The SMILES string of the molecule is O=C(Nc1ccccc1CCl)O[C@H]1C=CCCC1. The highest BCUT2D eigenvalue weighted by Crippen LogP contribution is 2.19. The zero-order valence-corrected chi connectivity index (χ0v) is 10.8. The van der Waals surface area contributed by atoms with Crippen LogP contribution in [0.25, 0.3) is 0 Å². The minimum atomic E-state index is -0.427. The van der Waals surface area contributed by atoms with Crippen LogP contribution in [-0.2, 0) is 10.6 Å². The molecule has 0 saturated carbocycles. The van der Waals surface area contributed by atoms with Gasteiger partial charge in [-0.3, -0.25) is 5.32 Å². The van der Waals surface area contributed by atoms with Crippen molar-refractivity contribution < 1.29 is 9.53 Å². The topological polar surface area (TPSA) is 38.3 Å². The lowest BCUT2D eigenvalue weighted by atomic mass is 10.1. The molecule has 96 valence electrons. The summed E-state index contributed by atoms with van der Waals surface area (Å²) in [5.74, 6) is 0.361. The summed E-state index contributed by atoms with van der Waals surface area (Å²) in [6.07, 6.45) is 6.47. The van der Waals surface area contributed by atoms with Gasteiger partial charge < -0.3 is 4.74 Å². The van der Waals surface area contributed by atoms with E-state index < -0.39 is 6.09 Å². The van der Waals surface area contributed by atoms with Crippen LogP contribution in [0.3, 0.4) is 0 Å². The molecule has 0 radical (unpaired) electrons. The van der Waals surface area contributed by atoms with Gasteiger partial charge >= 0.3 is 6.09 Å². The quantitative estimate of drug-likeness (QED) is 0.660. The Morgan fingerprint density at radius 1 is 1.44 bits per heavy atom. The van der Waals surface area contributed by atoms with Crippen LogP contribution in [0.1, 0.15) is 24.8 Å². The smallest absolute Gasteiger partial charge is 0.412 e. The molecule has 0 aromatic heterocycles. The lowest BCUT2D eigenvalue weighted by molar-refractivity contribution is 0.126. The first-order valence-electron chi connectivity index (χ1n) is 6.08. The van der Waals surface area contributed by atoms with E-state index in [1.807, 2.05) is 36.4 Å². The monoisotopic (exact) mass is 265 g/mol. The zero-order valence-electron chi connectivity index (χ0n) is 10.1. The van der Waals surface area contributed by atoms with E-state index in [-0.39, 0.29) is 6.10 Å². The molecule has 1 aromatic rings. The highest BCUT2D eigenvalue weighted by Gasteiger charge is 2.14. The molecule has 3 nitrogen and oxygen atoms in total. The van der Waals surface area contributed by atoms with Gasteiger partial charge in [-0.05, 0) is 37.0 Å². The normalized spacial score (nSPS) is 18.4. The van der Waals surface area contributed by atoms with Crippen LogP contribution < -0.4 is 5.32 Å². The molecule has 0 aliphatic heterocycles. The molecule has 1 amide bonds. The van der Waals surface area contributed by atoms with Crippen LogP contribution in [-0.4, -0.2) is 12.2 Å². The summed E-state index contributed by atoms with van der Waals surface area (Å²) in [6, 6.07) is 7.43. The molecule has 4 heteroatoms. The van der Waals surface area contributed by atoms with Crippen molar-refractivity contribution in [2.45, 2.75) is 31.2 Å². The van der Waals surface area contributed by atoms with Gasteiger partial charge in [0, 0.05) is 11.6 Å². The van der Waals surface area contributed by atoms with Crippen LogP contribution in [0.4, 0.5) is 10.5 Å². The Kier molecular flexibility index (Phi) is 4.65.